The lowest BCUT2D eigenvalue weighted by Gasteiger charge is -1.31. The zero-order valence-electron chi connectivity index (χ0n) is 4.10. The van der Waals surface area contributed by atoms with Crippen LogP contribution in [0.1, 0.15) is 6.92 Å². The summed E-state index contributed by atoms with van der Waals surface area (Å²) in [5, 5.41) is 0. The number of hydrogen-bond donors (Lipinski definition) is 0. The topological polar surface area (TPSA) is 34.1 Å². The molecule has 0 aromatic carbocycles. The van der Waals surface area contributed by atoms with E-state index in [-0.39, 0.29) is 0 Å². The van der Waals surface area contributed by atoms with Gasteiger partial charge in [0.15, 0.2) is 0 Å². The fraction of sp³-hybridized carbons (Fsp3) is 0.200. The van der Waals surface area contributed by atoms with Crippen molar-refractivity contribution in [2.75, 3.05) is 0 Å². The Labute approximate surface area is 42.1 Å². The standard InChI is InChI=1S/C3H4O.C2H2O/c1-2-3-4;1-2-3/h2H,1H3;1H2. The molecule has 0 saturated heterocycles. The Kier molecular flexibility index (Phi) is 27.5. The second kappa shape index (κ2) is 20.6. The molecule has 0 rings (SSSR count). The Morgan fingerprint density at radius 3 is 1.71 bits per heavy atom. The van der Waals surface area contributed by atoms with E-state index in [1.165, 1.54) is 12.0 Å². The molecule has 0 unspecified atom stereocenters. The van der Waals surface area contributed by atoms with E-state index < -0.39 is 0 Å². The first kappa shape index (κ1) is 9.31. The molecule has 0 bridgehead atoms. The van der Waals surface area contributed by atoms with Gasteiger partial charge in [0.2, 0.25) is 0 Å². The predicted octanol–water partition coefficient (Wildman–Crippen LogP) is 0.398. The van der Waals surface area contributed by atoms with E-state index in [4.69, 9.17) is 9.59 Å². The minimum Gasteiger partial charge on any atom is -0.234 e. The fourth-order valence-corrected chi connectivity index (χ4v) is 0. The van der Waals surface area contributed by atoms with Crippen LogP contribution in [0, 0.1) is 0 Å². The van der Waals surface area contributed by atoms with Crippen LogP contribution >= 0.6 is 0 Å². The van der Waals surface area contributed by atoms with Crippen molar-refractivity contribution in [1.82, 2.24) is 0 Å². The molecule has 2 nitrogen and oxygen atoms in total. The molecular formula is C5H6O2. The summed E-state index contributed by atoms with van der Waals surface area (Å²) in [6.07, 6.45) is 1.32. The van der Waals surface area contributed by atoms with Gasteiger partial charge in [-0.15, -0.1) is 0 Å². The van der Waals surface area contributed by atoms with Crippen LogP contribution in [0.25, 0.3) is 0 Å². The lowest BCUT2D eigenvalue weighted by Crippen LogP contribution is -1.32. The molecule has 0 fully saturated rings. The third-order valence-electron chi connectivity index (χ3n) is 0.118. The largest absolute Gasteiger partial charge is 0.234 e. The van der Waals surface area contributed by atoms with Crippen molar-refractivity contribution in [1.29, 1.82) is 0 Å². The minimum absolute atomic E-state index is 1.25. The molecule has 0 radical (unpaired) electrons. The van der Waals surface area contributed by atoms with Crippen molar-refractivity contribution in [3.8, 4) is 0 Å². The van der Waals surface area contributed by atoms with Gasteiger partial charge in [-0.3, -0.25) is 0 Å². The SMILES string of the molecule is C=C=O.CC=C=O. The van der Waals surface area contributed by atoms with E-state index in [9.17, 15) is 0 Å². The highest BCUT2D eigenvalue weighted by Gasteiger charge is 1.31. The summed E-state index contributed by atoms with van der Waals surface area (Å²) in [7, 11) is 0. The van der Waals surface area contributed by atoms with Crippen LogP contribution in [-0.2, 0) is 9.59 Å². The Morgan fingerprint density at radius 1 is 1.57 bits per heavy atom. The second-order valence-corrected chi connectivity index (χ2v) is 0.551. The van der Waals surface area contributed by atoms with Gasteiger partial charge >= 0.3 is 0 Å². The molecule has 0 aromatic rings. The zero-order chi connectivity index (χ0) is 6.12. The molecule has 0 spiro atoms. The molecule has 2 heteroatoms. The molecule has 0 N–H and O–H groups in total. The third kappa shape index (κ3) is 4120. The molecule has 0 aliphatic heterocycles. The van der Waals surface area contributed by atoms with Gasteiger partial charge in [0.1, 0.15) is 11.9 Å². The van der Waals surface area contributed by atoms with E-state index in [2.05, 4.69) is 6.58 Å². The van der Waals surface area contributed by atoms with Gasteiger partial charge in [-0.1, -0.05) is 0 Å². The molecule has 0 aromatic heterocycles. The van der Waals surface area contributed by atoms with Crippen molar-refractivity contribution in [2.45, 2.75) is 6.92 Å². The van der Waals surface area contributed by atoms with Crippen LogP contribution in [0.5, 0.6) is 0 Å². The van der Waals surface area contributed by atoms with Crippen molar-refractivity contribution < 1.29 is 9.59 Å². The van der Waals surface area contributed by atoms with Crippen LogP contribution in [0.3, 0.4) is 0 Å². The average molecular weight is 98.1 g/mol. The van der Waals surface area contributed by atoms with Crippen LogP contribution in [0.4, 0.5) is 0 Å². The summed E-state index contributed by atoms with van der Waals surface area (Å²) >= 11 is 0. The first-order chi connectivity index (χ1) is 3.33. The highest BCUT2D eigenvalue weighted by Crippen LogP contribution is 1.36. The summed E-state index contributed by atoms with van der Waals surface area (Å²) in [5.41, 5.74) is 0. The first-order valence-corrected chi connectivity index (χ1v) is 1.63. The summed E-state index contributed by atoms with van der Waals surface area (Å²) < 4.78 is 0. The monoisotopic (exact) mass is 98.0 g/mol. The first-order valence-electron chi connectivity index (χ1n) is 1.63. The Bertz CT molecular complexity index is 92.6. The molecule has 0 atom stereocenters. The third-order valence-corrected chi connectivity index (χ3v) is 0.118. The van der Waals surface area contributed by atoms with Crippen LogP contribution < -0.4 is 0 Å². The van der Waals surface area contributed by atoms with E-state index in [1.54, 1.807) is 12.9 Å². The molecule has 38 valence electrons. The minimum atomic E-state index is 1.25. The summed E-state index contributed by atoms with van der Waals surface area (Å²) in [4.78, 5) is 17.6. The highest BCUT2D eigenvalue weighted by atomic mass is 16.1. The van der Waals surface area contributed by atoms with Crippen LogP contribution in [-0.4, -0.2) is 11.9 Å². The van der Waals surface area contributed by atoms with Gasteiger partial charge in [-0.05, 0) is 19.6 Å². The lowest BCUT2D eigenvalue weighted by molar-refractivity contribution is 0.568. The molecule has 0 aliphatic rings. The summed E-state index contributed by atoms with van der Waals surface area (Å²) in [6, 6.07) is 0. The van der Waals surface area contributed by atoms with E-state index in [1.807, 2.05) is 0 Å². The normalized spacial score (nSPS) is 3.57. The molecule has 0 heterocycles. The molecule has 0 aliphatic carbocycles. The van der Waals surface area contributed by atoms with Gasteiger partial charge in [0.05, 0.1) is 0 Å². The fourth-order valence-electron chi connectivity index (χ4n) is 0. The van der Waals surface area contributed by atoms with Gasteiger partial charge in [0.25, 0.3) is 0 Å². The maximum Gasteiger partial charge on any atom is 0.119 e. The quantitative estimate of drug-likeness (QED) is 0.411. The van der Waals surface area contributed by atoms with Gasteiger partial charge in [-0.2, -0.15) is 0 Å². The van der Waals surface area contributed by atoms with Gasteiger partial charge < -0.3 is 0 Å². The van der Waals surface area contributed by atoms with Crippen molar-refractivity contribution >= 4 is 11.9 Å². The lowest BCUT2D eigenvalue weighted by atomic mass is 10.8. The Hall–Kier alpha value is -1.10. The molecular weight excluding hydrogens is 92.1 g/mol. The molecule has 7 heavy (non-hydrogen) atoms. The van der Waals surface area contributed by atoms with Crippen LogP contribution in [0.2, 0.25) is 0 Å². The number of carbonyl (C=O) groups excluding carboxylic acids is 2. The summed E-state index contributed by atoms with van der Waals surface area (Å²) in [5.74, 6) is 2.81. The van der Waals surface area contributed by atoms with Crippen molar-refractivity contribution in [3.63, 3.8) is 0 Å². The maximum absolute atomic E-state index is 8.99. The van der Waals surface area contributed by atoms with Crippen molar-refractivity contribution in [3.05, 3.63) is 12.7 Å². The number of rotatable bonds is 0. The molecule has 0 saturated carbocycles. The maximum atomic E-state index is 8.99. The zero-order valence-corrected chi connectivity index (χ0v) is 4.10. The highest BCUT2D eigenvalue weighted by molar-refractivity contribution is 5.43. The second-order valence-electron chi connectivity index (χ2n) is 0.551. The van der Waals surface area contributed by atoms with Crippen LogP contribution in [0.15, 0.2) is 12.7 Å². The smallest absolute Gasteiger partial charge is 0.119 e. The Balaban J connectivity index is 0. The van der Waals surface area contributed by atoms with E-state index in [0.717, 1.165) is 0 Å². The van der Waals surface area contributed by atoms with Gasteiger partial charge in [-0.25, -0.2) is 9.59 Å². The predicted molar refractivity (Wildman–Crippen MR) is 27.3 cm³/mol. The Morgan fingerprint density at radius 2 is 1.71 bits per heavy atom. The van der Waals surface area contributed by atoms with E-state index >= 15 is 0 Å². The van der Waals surface area contributed by atoms with Gasteiger partial charge in [0, 0.05) is 0 Å². The molecule has 0 amide bonds. The van der Waals surface area contributed by atoms with E-state index in [0.29, 0.717) is 0 Å². The number of allylic oxidation sites excluding steroid dienone is 1. The number of hydrogen-bond acceptors (Lipinski definition) is 2. The average Bonchev–Trinajstić information content (AvgIpc) is 1.69. The summed E-state index contributed by atoms with van der Waals surface area (Å²) in [6.45, 7) is 4.31. The van der Waals surface area contributed by atoms with Crippen molar-refractivity contribution in [2.24, 2.45) is 0 Å².